The Labute approximate surface area is 277 Å². The molecule has 238 valence electrons. The maximum Gasteiger partial charge on any atom is 0.224 e. The van der Waals surface area contributed by atoms with E-state index in [0.29, 0.717) is 23.9 Å². The predicted molar refractivity (Wildman–Crippen MR) is 191 cm³/mol. The third kappa shape index (κ3) is 13.6. The van der Waals surface area contributed by atoms with Crippen molar-refractivity contribution in [3.8, 4) is 5.75 Å². The van der Waals surface area contributed by atoms with Gasteiger partial charge in [-0.1, -0.05) is 120 Å². The number of aliphatic imine (C=N–C) groups is 1. The fourth-order valence-electron chi connectivity index (χ4n) is 5.89. The molecule has 1 amide bonds. The summed E-state index contributed by atoms with van der Waals surface area (Å²) < 4.78 is 6.09. The number of carbonyl (C=O) groups excluding carboxylic acids is 1. The predicted octanol–water partition coefficient (Wildman–Crippen LogP) is 11.1. The minimum atomic E-state index is -0.0194. The number of halogens is 2. The quantitative estimate of drug-likeness (QED) is 0.139. The van der Waals surface area contributed by atoms with Crippen molar-refractivity contribution in [2.24, 2.45) is 10.4 Å². The average Bonchev–Trinajstić information content (AvgIpc) is 2.95. The van der Waals surface area contributed by atoms with Crippen LogP contribution in [0.1, 0.15) is 116 Å². The monoisotopic (exact) mass is 672 g/mol. The number of unbranched alkanes of at least 4 members (excludes halogenated alkanes) is 11. The maximum absolute atomic E-state index is 12.8. The highest BCUT2D eigenvalue weighted by Gasteiger charge is 2.24. The molecule has 0 saturated carbocycles. The van der Waals surface area contributed by atoms with Gasteiger partial charge in [-0.05, 0) is 60.7 Å². The van der Waals surface area contributed by atoms with Gasteiger partial charge in [0, 0.05) is 30.8 Å². The molecule has 1 unspecified atom stereocenters. The van der Waals surface area contributed by atoms with Crippen LogP contribution in [0.2, 0.25) is 5.02 Å². The Kier molecular flexibility index (Phi) is 17.3. The summed E-state index contributed by atoms with van der Waals surface area (Å²) in [5, 5.41) is 0.612. The van der Waals surface area contributed by atoms with Crippen LogP contribution in [-0.4, -0.2) is 25.3 Å². The topological polar surface area (TPSA) is 41.9 Å². The van der Waals surface area contributed by atoms with Gasteiger partial charge < -0.3 is 9.64 Å². The van der Waals surface area contributed by atoms with Crippen LogP contribution in [0.25, 0.3) is 0 Å². The molecule has 1 aliphatic heterocycles. The number of dihydropyridines is 1. The van der Waals surface area contributed by atoms with E-state index in [2.05, 4.69) is 44.0 Å². The fourth-order valence-corrected chi connectivity index (χ4v) is 6.06. The molecule has 43 heavy (non-hydrogen) atoms. The number of amides is 1. The Morgan fingerprint density at radius 3 is 2.21 bits per heavy atom. The van der Waals surface area contributed by atoms with Crippen molar-refractivity contribution < 1.29 is 9.53 Å². The molecule has 1 aliphatic rings. The van der Waals surface area contributed by atoms with Crippen LogP contribution < -0.4 is 9.64 Å². The number of hydrogen-bond donors (Lipinski definition) is 0. The Bertz CT molecular complexity index is 1180. The van der Waals surface area contributed by atoms with Gasteiger partial charge in [0.2, 0.25) is 5.91 Å². The number of rotatable bonds is 19. The van der Waals surface area contributed by atoms with Crippen LogP contribution in [0, 0.1) is 5.41 Å². The van der Waals surface area contributed by atoms with Crippen LogP contribution in [0.15, 0.2) is 59.1 Å². The fraction of sp³-hybridized carbons (Fsp3) is 0.568. The summed E-state index contributed by atoms with van der Waals surface area (Å²) in [7, 11) is 0. The van der Waals surface area contributed by atoms with E-state index in [1.807, 2.05) is 41.4 Å². The molecule has 2 aromatic rings. The van der Waals surface area contributed by atoms with Crippen molar-refractivity contribution >= 4 is 46.4 Å². The summed E-state index contributed by atoms with van der Waals surface area (Å²) >= 11 is 6.48. The summed E-state index contributed by atoms with van der Waals surface area (Å²) in [6, 6.07) is 14.2. The van der Waals surface area contributed by atoms with E-state index in [1.54, 1.807) is 6.92 Å². The Morgan fingerprint density at radius 2 is 1.58 bits per heavy atom. The highest BCUT2D eigenvalue weighted by Crippen LogP contribution is 2.31. The van der Waals surface area contributed by atoms with Gasteiger partial charge in [0.25, 0.3) is 0 Å². The summed E-state index contributed by atoms with van der Waals surface area (Å²) in [6.07, 6.45) is 21.0. The first kappa shape index (κ1) is 37.1. The highest BCUT2D eigenvalue weighted by atomic mass is 79.9. The molecule has 6 heteroatoms. The Morgan fingerprint density at radius 1 is 0.930 bits per heavy atom. The Hall–Kier alpha value is -2.11. The lowest BCUT2D eigenvalue weighted by Gasteiger charge is -2.28. The first-order valence-corrected chi connectivity index (χ1v) is 16.6. The molecule has 1 heterocycles. The number of benzene rings is 2. The standard InChI is InChI=1S/C37H53ClN2O2.BrH/c1-5-6-7-8-9-10-11-12-13-14-15-16-22-42-36-24-33(20-21-35(36)38)28-40(31(3)41)34-19-17-18-32(23-34)26-37(4)25-30(2)27-39-29-37;/h17-21,23-25,27H,5-16,22,26,28-29H2,1-4H3;1H. The largest absolute Gasteiger partial charge is 0.492 e. The lowest BCUT2D eigenvalue weighted by atomic mass is 9.81. The summed E-state index contributed by atoms with van der Waals surface area (Å²) in [6.45, 7) is 10.1. The molecule has 0 spiro atoms. The molecule has 1 atom stereocenters. The molecule has 0 saturated heterocycles. The molecule has 2 aromatic carbocycles. The van der Waals surface area contributed by atoms with Gasteiger partial charge in [0.1, 0.15) is 5.75 Å². The first-order valence-electron chi connectivity index (χ1n) is 16.3. The second-order valence-corrected chi connectivity index (χ2v) is 12.9. The number of allylic oxidation sites excluding steroid dienone is 1. The van der Waals surface area contributed by atoms with Gasteiger partial charge in [-0.15, -0.1) is 17.0 Å². The van der Waals surface area contributed by atoms with E-state index >= 15 is 0 Å². The van der Waals surface area contributed by atoms with E-state index in [9.17, 15) is 4.79 Å². The van der Waals surface area contributed by atoms with Gasteiger partial charge >= 0.3 is 0 Å². The molecule has 0 radical (unpaired) electrons. The lowest BCUT2D eigenvalue weighted by Crippen LogP contribution is -2.28. The van der Waals surface area contributed by atoms with Crippen LogP contribution in [0.3, 0.4) is 0 Å². The zero-order valence-electron chi connectivity index (χ0n) is 27.0. The zero-order valence-corrected chi connectivity index (χ0v) is 29.5. The third-order valence-electron chi connectivity index (χ3n) is 8.13. The van der Waals surface area contributed by atoms with Crippen LogP contribution in [0.4, 0.5) is 5.69 Å². The van der Waals surface area contributed by atoms with Gasteiger partial charge in [0.15, 0.2) is 0 Å². The van der Waals surface area contributed by atoms with Gasteiger partial charge in [-0.25, -0.2) is 0 Å². The van der Waals surface area contributed by atoms with Crippen LogP contribution >= 0.6 is 28.6 Å². The number of carbonyl (C=O) groups is 1. The van der Waals surface area contributed by atoms with Crippen molar-refractivity contribution in [1.29, 1.82) is 0 Å². The van der Waals surface area contributed by atoms with Crippen molar-refractivity contribution in [3.05, 3.63) is 70.3 Å². The number of hydrogen-bond acceptors (Lipinski definition) is 3. The van der Waals surface area contributed by atoms with E-state index in [1.165, 1.54) is 81.8 Å². The van der Waals surface area contributed by atoms with E-state index in [-0.39, 0.29) is 28.3 Å². The van der Waals surface area contributed by atoms with Crippen molar-refractivity contribution in [2.45, 2.75) is 118 Å². The highest BCUT2D eigenvalue weighted by molar-refractivity contribution is 8.93. The number of ether oxygens (including phenoxy) is 1. The van der Waals surface area contributed by atoms with Crippen molar-refractivity contribution in [3.63, 3.8) is 0 Å². The summed E-state index contributed by atoms with van der Waals surface area (Å²) in [5.74, 6) is 0.702. The summed E-state index contributed by atoms with van der Waals surface area (Å²) in [4.78, 5) is 19.1. The molecule has 0 bridgehead atoms. The second kappa shape index (κ2) is 20.0. The molecule has 0 N–H and O–H groups in total. The SMILES string of the molecule is Br.CCCCCCCCCCCCCCOc1cc(CN(C(C)=O)c2cccc(CC3(C)C=C(C)C=NC3)c2)ccc1Cl. The molecular formula is C37H54BrClN2O2. The van der Waals surface area contributed by atoms with Gasteiger partial charge in [-0.3, -0.25) is 9.79 Å². The molecule has 0 aliphatic carbocycles. The second-order valence-electron chi connectivity index (χ2n) is 12.5. The maximum atomic E-state index is 12.8. The van der Waals surface area contributed by atoms with Crippen LogP contribution in [-0.2, 0) is 17.8 Å². The minimum Gasteiger partial charge on any atom is -0.492 e. The molecular weight excluding hydrogens is 620 g/mol. The van der Waals surface area contributed by atoms with Gasteiger partial charge in [-0.2, -0.15) is 0 Å². The van der Waals surface area contributed by atoms with Gasteiger partial charge in [0.05, 0.1) is 18.2 Å². The molecule has 0 aromatic heterocycles. The van der Waals surface area contributed by atoms with E-state index < -0.39 is 0 Å². The van der Waals surface area contributed by atoms with Crippen LogP contribution in [0.5, 0.6) is 5.75 Å². The minimum absolute atomic E-state index is 0. The first-order chi connectivity index (χ1) is 20.3. The number of nitrogens with zero attached hydrogens (tertiary/aromatic N) is 2. The van der Waals surface area contributed by atoms with Crippen molar-refractivity contribution in [1.82, 2.24) is 0 Å². The molecule has 4 nitrogen and oxygen atoms in total. The molecule has 0 fully saturated rings. The average molecular weight is 674 g/mol. The Balaban J connectivity index is 0.00000645. The smallest absolute Gasteiger partial charge is 0.224 e. The normalized spacial score (nSPS) is 16.0. The molecule has 3 rings (SSSR count). The summed E-state index contributed by atoms with van der Waals surface area (Å²) in [5.41, 5.74) is 4.28. The lowest BCUT2D eigenvalue weighted by molar-refractivity contribution is -0.116. The third-order valence-corrected chi connectivity index (χ3v) is 8.44. The zero-order chi connectivity index (χ0) is 30.2. The number of anilines is 1. The van der Waals surface area contributed by atoms with E-state index in [0.717, 1.165) is 30.6 Å². The van der Waals surface area contributed by atoms with Crippen molar-refractivity contribution in [2.75, 3.05) is 18.1 Å². The van der Waals surface area contributed by atoms with E-state index in [4.69, 9.17) is 16.3 Å².